The first-order valence-corrected chi connectivity index (χ1v) is 8.66. The van der Waals surface area contributed by atoms with E-state index in [0.29, 0.717) is 11.3 Å². The second-order valence-electron chi connectivity index (χ2n) is 5.55. The number of carbonyl (C=O) groups excluding carboxylic acids is 3. The Morgan fingerprint density at radius 2 is 1.84 bits per heavy atom. The zero-order valence-corrected chi connectivity index (χ0v) is 14.8. The maximum absolute atomic E-state index is 11.8. The molecule has 1 amide bonds. The normalized spacial score (nSPS) is 10.4. The van der Waals surface area contributed by atoms with Crippen molar-refractivity contribution in [2.45, 2.75) is 26.4 Å². The van der Waals surface area contributed by atoms with Gasteiger partial charge < -0.3 is 14.8 Å². The van der Waals surface area contributed by atoms with E-state index in [4.69, 9.17) is 9.47 Å². The molecule has 0 aliphatic carbocycles. The second kappa shape index (κ2) is 8.98. The largest absolute Gasteiger partial charge is 0.459 e. The fourth-order valence-corrected chi connectivity index (χ4v) is 2.59. The highest BCUT2D eigenvalue weighted by Gasteiger charge is 2.11. The zero-order valence-electron chi connectivity index (χ0n) is 14.0. The number of amides is 1. The first kappa shape index (κ1) is 18.7. The van der Waals surface area contributed by atoms with Crippen LogP contribution in [0, 0.1) is 0 Å². The third-order valence-electron chi connectivity index (χ3n) is 3.04. The number of esters is 2. The molecule has 0 aliphatic heterocycles. The number of benzene rings is 1. The van der Waals surface area contributed by atoms with Crippen molar-refractivity contribution >= 4 is 34.9 Å². The number of carbonyl (C=O) groups is 3. The number of nitrogens with one attached hydrogen (secondary N) is 1. The molecule has 1 aromatic carbocycles. The lowest BCUT2D eigenvalue weighted by molar-refractivity contribution is -0.146. The first-order chi connectivity index (χ1) is 11.9. The first-order valence-electron chi connectivity index (χ1n) is 7.71. The smallest absolute Gasteiger partial charge is 0.338 e. The lowest BCUT2D eigenvalue weighted by Gasteiger charge is -2.09. The zero-order chi connectivity index (χ0) is 18.2. The van der Waals surface area contributed by atoms with Crippen molar-refractivity contribution in [1.29, 1.82) is 0 Å². The fraction of sp³-hybridized carbons (Fsp3) is 0.278. The van der Waals surface area contributed by atoms with Gasteiger partial charge in [0.15, 0.2) is 6.61 Å². The van der Waals surface area contributed by atoms with Gasteiger partial charge in [-0.15, -0.1) is 0 Å². The van der Waals surface area contributed by atoms with E-state index in [9.17, 15) is 14.4 Å². The van der Waals surface area contributed by atoms with Crippen LogP contribution >= 0.6 is 11.3 Å². The Morgan fingerprint density at radius 1 is 1.12 bits per heavy atom. The number of rotatable bonds is 7. The van der Waals surface area contributed by atoms with Gasteiger partial charge in [-0.1, -0.05) is 0 Å². The van der Waals surface area contributed by atoms with Crippen molar-refractivity contribution in [3.05, 3.63) is 52.2 Å². The summed E-state index contributed by atoms with van der Waals surface area (Å²) in [6.45, 7) is 3.18. The SMILES string of the molecule is CC(C)OC(=O)c1ccc(NC(=O)COC(=O)Cc2ccsc2)cc1. The molecule has 132 valence electrons. The molecule has 2 rings (SSSR count). The molecule has 2 aromatic rings. The monoisotopic (exact) mass is 361 g/mol. The summed E-state index contributed by atoms with van der Waals surface area (Å²) < 4.78 is 10.0. The van der Waals surface area contributed by atoms with Crippen LogP contribution in [0.2, 0.25) is 0 Å². The number of ether oxygens (including phenoxy) is 2. The molecule has 0 unspecified atom stereocenters. The molecule has 1 aromatic heterocycles. The minimum absolute atomic E-state index is 0.142. The molecule has 1 heterocycles. The molecule has 0 radical (unpaired) electrons. The molecule has 25 heavy (non-hydrogen) atoms. The Bertz CT molecular complexity index is 722. The van der Waals surface area contributed by atoms with Gasteiger partial charge in [0.05, 0.1) is 18.1 Å². The van der Waals surface area contributed by atoms with E-state index >= 15 is 0 Å². The summed E-state index contributed by atoms with van der Waals surface area (Å²) in [4.78, 5) is 35.2. The molecule has 0 bridgehead atoms. The molecule has 0 fully saturated rings. The van der Waals surface area contributed by atoms with Gasteiger partial charge in [0.1, 0.15) is 0 Å². The predicted octanol–water partition coefficient (Wildman–Crippen LogP) is 3.04. The summed E-state index contributed by atoms with van der Waals surface area (Å²) >= 11 is 1.49. The third-order valence-corrected chi connectivity index (χ3v) is 3.77. The summed E-state index contributed by atoms with van der Waals surface area (Å²) in [5.74, 6) is -1.33. The van der Waals surface area contributed by atoms with E-state index in [1.807, 2.05) is 16.8 Å². The van der Waals surface area contributed by atoms with Crippen molar-refractivity contribution < 1.29 is 23.9 Å². The van der Waals surface area contributed by atoms with E-state index < -0.39 is 17.8 Å². The van der Waals surface area contributed by atoms with Crippen molar-refractivity contribution in [3.63, 3.8) is 0 Å². The number of thiophene rings is 1. The molecule has 0 saturated carbocycles. The average molecular weight is 361 g/mol. The molecule has 0 saturated heterocycles. The van der Waals surface area contributed by atoms with Crippen LogP contribution in [-0.4, -0.2) is 30.6 Å². The second-order valence-corrected chi connectivity index (χ2v) is 6.33. The Labute approximate surface area is 149 Å². The van der Waals surface area contributed by atoms with E-state index in [0.717, 1.165) is 5.56 Å². The topological polar surface area (TPSA) is 81.7 Å². The van der Waals surface area contributed by atoms with Gasteiger partial charge in [-0.3, -0.25) is 9.59 Å². The molecule has 7 heteroatoms. The Kier molecular flexibility index (Phi) is 6.71. The molecule has 1 N–H and O–H groups in total. The number of anilines is 1. The van der Waals surface area contributed by atoms with Crippen LogP contribution in [0.4, 0.5) is 5.69 Å². The van der Waals surface area contributed by atoms with Crippen LogP contribution < -0.4 is 5.32 Å². The van der Waals surface area contributed by atoms with Crippen LogP contribution in [-0.2, 0) is 25.5 Å². The van der Waals surface area contributed by atoms with Crippen LogP contribution in [0.3, 0.4) is 0 Å². The third kappa shape index (κ3) is 6.39. The highest BCUT2D eigenvalue weighted by atomic mass is 32.1. The van der Waals surface area contributed by atoms with Crippen molar-refractivity contribution in [2.24, 2.45) is 0 Å². The predicted molar refractivity (Wildman–Crippen MR) is 94.6 cm³/mol. The summed E-state index contributed by atoms with van der Waals surface area (Å²) in [5, 5.41) is 6.32. The van der Waals surface area contributed by atoms with Crippen molar-refractivity contribution in [3.8, 4) is 0 Å². The van der Waals surface area contributed by atoms with Gasteiger partial charge in [0.2, 0.25) is 0 Å². The summed E-state index contributed by atoms with van der Waals surface area (Å²) in [7, 11) is 0. The van der Waals surface area contributed by atoms with Gasteiger partial charge in [-0.2, -0.15) is 11.3 Å². The van der Waals surface area contributed by atoms with E-state index in [-0.39, 0.29) is 19.1 Å². The summed E-state index contributed by atoms with van der Waals surface area (Å²) in [5.41, 5.74) is 1.76. The van der Waals surface area contributed by atoms with Crippen LogP contribution in [0.1, 0.15) is 29.8 Å². The minimum Gasteiger partial charge on any atom is -0.459 e. The maximum atomic E-state index is 11.8. The minimum atomic E-state index is -0.458. The lowest BCUT2D eigenvalue weighted by Crippen LogP contribution is -2.21. The van der Waals surface area contributed by atoms with Gasteiger partial charge in [0, 0.05) is 5.69 Å². The van der Waals surface area contributed by atoms with Crippen LogP contribution in [0.25, 0.3) is 0 Å². The lowest BCUT2D eigenvalue weighted by atomic mass is 10.2. The Balaban J connectivity index is 1.78. The molecular weight excluding hydrogens is 342 g/mol. The Hall–Kier alpha value is -2.67. The molecule has 0 spiro atoms. The summed E-state index contributed by atoms with van der Waals surface area (Å²) in [6.07, 6.45) is -0.0562. The molecular formula is C18H19NO5S. The van der Waals surface area contributed by atoms with Crippen molar-refractivity contribution in [1.82, 2.24) is 0 Å². The number of hydrogen-bond donors (Lipinski definition) is 1. The number of hydrogen-bond acceptors (Lipinski definition) is 6. The van der Waals surface area contributed by atoms with Gasteiger partial charge in [0.25, 0.3) is 5.91 Å². The van der Waals surface area contributed by atoms with Crippen molar-refractivity contribution in [2.75, 3.05) is 11.9 Å². The molecule has 0 aliphatic rings. The summed E-state index contributed by atoms with van der Waals surface area (Å²) in [6, 6.07) is 8.12. The highest BCUT2D eigenvalue weighted by molar-refractivity contribution is 7.07. The van der Waals surface area contributed by atoms with Crippen LogP contribution in [0.5, 0.6) is 0 Å². The standard InChI is InChI=1S/C18H19NO5S/c1-12(2)24-18(22)14-3-5-15(6-4-14)19-16(20)10-23-17(21)9-13-7-8-25-11-13/h3-8,11-12H,9-10H2,1-2H3,(H,19,20). The maximum Gasteiger partial charge on any atom is 0.338 e. The fourth-order valence-electron chi connectivity index (χ4n) is 1.93. The Morgan fingerprint density at radius 3 is 2.44 bits per heavy atom. The quantitative estimate of drug-likeness (QED) is 0.767. The highest BCUT2D eigenvalue weighted by Crippen LogP contribution is 2.11. The van der Waals surface area contributed by atoms with E-state index in [1.54, 1.807) is 38.1 Å². The van der Waals surface area contributed by atoms with Gasteiger partial charge in [-0.05, 0) is 60.5 Å². The van der Waals surface area contributed by atoms with Gasteiger partial charge in [-0.25, -0.2) is 4.79 Å². The van der Waals surface area contributed by atoms with Crippen LogP contribution in [0.15, 0.2) is 41.1 Å². The van der Waals surface area contributed by atoms with E-state index in [2.05, 4.69) is 5.32 Å². The van der Waals surface area contributed by atoms with E-state index in [1.165, 1.54) is 11.3 Å². The molecule has 0 atom stereocenters. The molecule has 6 nitrogen and oxygen atoms in total. The average Bonchev–Trinajstić information content (AvgIpc) is 3.06. The van der Waals surface area contributed by atoms with Gasteiger partial charge >= 0.3 is 11.9 Å².